The predicted molar refractivity (Wildman–Crippen MR) is 133 cm³/mol. The van der Waals surface area contributed by atoms with Crippen LogP contribution in [0.25, 0.3) is 0 Å². The van der Waals surface area contributed by atoms with Crippen LogP contribution in [0.5, 0.6) is 0 Å². The highest BCUT2D eigenvalue weighted by atomic mass is 16.1. The third-order valence-corrected chi connectivity index (χ3v) is 5.94. The number of nitrogens with two attached hydrogens (primary N) is 1. The first-order valence-electron chi connectivity index (χ1n) is 13.5. The van der Waals surface area contributed by atoms with Crippen LogP contribution in [0.15, 0.2) is 0 Å². The van der Waals surface area contributed by atoms with Gasteiger partial charge in [0.15, 0.2) is 0 Å². The van der Waals surface area contributed by atoms with Crippen LogP contribution in [0.3, 0.4) is 0 Å². The van der Waals surface area contributed by atoms with Crippen molar-refractivity contribution in [2.45, 2.75) is 135 Å². The molecule has 0 heterocycles. The molecule has 0 bridgehead atoms. The summed E-state index contributed by atoms with van der Waals surface area (Å²) in [7, 11) is 0. The van der Waals surface area contributed by atoms with Gasteiger partial charge < -0.3 is 16.4 Å². The van der Waals surface area contributed by atoms with Gasteiger partial charge in [0.05, 0.1) is 0 Å². The van der Waals surface area contributed by atoms with E-state index in [4.69, 9.17) is 5.73 Å². The van der Waals surface area contributed by atoms with Crippen LogP contribution in [-0.2, 0) is 4.79 Å². The lowest BCUT2D eigenvalue weighted by Crippen LogP contribution is -2.28. The Bertz CT molecular complexity index is 336. The SMILES string of the molecule is CCCCCCCCCCCCCCCCCCNCCC(=O)NCCCCCN. The Kier molecular flexibility index (Phi) is 25.9. The number of unbranched alkanes of at least 4 members (excludes halogenated alkanes) is 17. The molecule has 0 atom stereocenters. The van der Waals surface area contributed by atoms with Gasteiger partial charge >= 0.3 is 0 Å². The highest BCUT2D eigenvalue weighted by Crippen LogP contribution is 2.13. The Hall–Kier alpha value is -0.610. The van der Waals surface area contributed by atoms with Crippen LogP contribution in [0, 0.1) is 0 Å². The fraction of sp³-hybridized carbons (Fsp3) is 0.962. The van der Waals surface area contributed by atoms with Crippen molar-refractivity contribution in [3.05, 3.63) is 0 Å². The molecule has 0 saturated carbocycles. The lowest BCUT2D eigenvalue weighted by molar-refractivity contribution is -0.121. The van der Waals surface area contributed by atoms with Crippen LogP contribution in [0.4, 0.5) is 0 Å². The summed E-state index contributed by atoms with van der Waals surface area (Å²) in [5, 5.41) is 6.38. The Morgan fingerprint density at radius 3 is 1.50 bits per heavy atom. The Morgan fingerprint density at radius 2 is 1.00 bits per heavy atom. The molecule has 0 aliphatic rings. The molecule has 0 aliphatic carbocycles. The maximum Gasteiger partial charge on any atom is 0.221 e. The number of carbonyl (C=O) groups is 1. The second-order valence-electron chi connectivity index (χ2n) is 9.00. The summed E-state index contributed by atoms with van der Waals surface area (Å²) in [6.07, 6.45) is 26.3. The fourth-order valence-electron chi connectivity index (χ4n) is 3.89. The van der Waals surface area contributed by atoms with Crippen LogP contribution in [0.1, 0.15) is 135 Å². The summed E-state index contributed by atoms with van der Waals surface area (Å²) < 4.78 is 0. The molecule has 180 valence electrons. The van der Waals surface area contributed by atoms with Crippen molar-refractivity contribution in [2.75, 3.05) is 26.2 Å². The minimum atomic E-state index is 0.169. The summed E-state index contributed by atoms with van der Waals surface area (Å²) in [5.74, 6) is 0.169. The monoisotopic (exact) mass is 425 g/mol. The molecule has 0 saturated heterocycles. The van der Waals surface area contributed by atoms with Gasteiger partial charge in [0.25, 0.3) is 0 Å². The van der Waals surface area contributed by atoms with Crippen molar-refractivity contribution >= 4 is 5.91 Å². The van der Waals surface area contributed by atoms with E-state index in [-0.39, 0.29) is 5.91 Å². The Balaban J connectivity index is 3.08. The minimum absolute atomic E-state index is 0.169. The van der Waals surface area contributed by atoms with Crippen molar-refractivity contribution in [3.63, 3.8) is 0 Å². The Morgan fingerprint density at radius 1 is 0.567 bits per heavy atom. The van der Waals surface area contributed by atoms with Crippen molar-refractivity contribution in [1.82, 2.24) is 10.6 Å². The van der Waals surface area contributed by atoms with Crippen molar-refractivity contribution in [3.8, 4) is 0 Å². The summed E-state index contributed by atoms with van der Waals surface area (Å²) >= 11 is 0. The number of amides is 1. The molecular weight excluding hydrogens is 370 g/mol. The van der Waals surface area contributed by atoms with Crippen LogP contribution < -0.4 is 16.4 Å². The molecule has 0 aliphatic heterocycles. The van der Waals surface area contributed by atoms with E-state index in [2.05, 4.69) is 17.6 Å². The van der Waals surface area contributed by atoms with E-state index in [1.807, 2.05) is 0 Å². The lowest BCUT2D eigenvalue weighted by atomic mass is 10.0. The summed E-state index contributed by atoms with van der Waals surface area (Å²) in [6.45, 7) is 5.67. The van der Waals surface area contributed by atoms with Crippen molar-refractivity contribution in [2.24, 2.45) is 5.73 Å². The van der Waals surface area contributed by atoms with Gasteiger partial charge in [0.2, 0.25) is 5.91 Å². The first-order valence-corrected chi connectivity index (χ1v) is 13.5. The van der Waals surface area contributed by atoms with Gasteiger partial charge in [-0.2, -0.15) is 0 Å². The molecule has 4 nitrogen and oxygen atoms in total. The van der Waals surface area contributed by atoms with E-state index in [9.17, 15) is 4.79 Å². The molecule has 4 heteroatoms. The molecule has 0 fully saturated rings. The second kappa shape index (κ2) is 26.4. The number of rotatable bonds is 25. The molecule has 0 spiro atoms. The highest BCUT2D eigenvalue weighted by Gasteiger charge is 2.00. The van der Waals surface area contributed by atoms with E-state index < -0.39 is 0 Å². The van der Waals surface area contributed by atoms with E-state index >= 15 is 0 Å². The highest BCUT2D eigenvalue weighted by molar-refractivity contribution is 5.75. The zero-order valence-corrected chi connectivity index (χ0v) is 20.5. The van der Waals surface area contributed by atoms with Crippen molar-refractivity contribution in [1.29, 1.82) is 0 Å². The second-order valence-corrected chi connectivity index (χ2v) is 9.00. The van der Waals surface area contributed by atoms with Gasteiger partial charge in [-0.15, -0.1) is 0 Å². The van der Waals surface area contributed by atoms with E-state index in [1.165, 1.54) is 103 Å². The largest absolute Gasteiger partial charge is 0.356 e. The van der Waals surface area contributed by atoms with Crippen LogP contribution in [0.2, 0.25) is 0 Å². The average molecular weight is 426 g/mol. The summed E-state index contributed by atoms with van der Waals surface area (Å²) in [5.41, 5.74) is 5.46. The van der Waals surface area contributed by atoms with Crippen molar-refractivity contribution < 1.29 is 4.79 Å². The molecule has 4 N–H and O–H groups in total. The van der Waals surface area contributed by atoms with E-state index in [1.54, 1.807) is 0 Å². The van der Waals surface area contributed by atoms with Gasteiger partial charge in [-0.1, -0.05) is 110 Å². The standard InChI is InChI=1S/C26H55N3O/c1-2-3-4-5-6-7-8-9-10-11-12-13-14-15-16-19-23-28-25-21-26(30)29-24-20-17-18-22-27/h28H,2-25,27H2,1H3,(H,29,30). The molecule has 0 aromatic rings. The zero-order chi connectivity index (χ0) is 22.0. The predicted octanol–water partition coefficient (Wildman–Crippen LogP) is 6.47. The van der Waals surface area contributed by atoms with Crippen LogP contribution in [-0.4, -0.2) is 32.1 Å². The maximum absolute atomic E-state index is 11.7. The van der Waals surface area contributed by atoms with Gasteiger partial charge in [-0.05, 0) is 32.4 Å². The van der Waals surface area contributed by atoms with E-state index in [0.717, 1.165) is 45.4 Å². The molecule has 30 heavy (non-hydrogen) atoms. The number of nitrogens with one attached hydrogen (secondary N) is 2. The number of hydrogen-bond donors (Lipinski definition) is 3. The van der Waals surface area contributed by atoms with Gasteiger partial charge in [-0.3, -0.25) is 4.79 Å². The topological polar surface area (TPSA) is 67.2 Å². The van der Waals surface area contributed by atoms with Crippen LogP contribution >= 0.6 is 0 Å². The number of hydrogen-bond acceptors (Lipinski definition) is 3. The quantitative estimate of drug-likeness (QED) is 0.147. The molecule has 0 rings (SSSR count). The third kappa shape index (κ3) is 25.4. The minimum Gasteiger partial charge on any atom is -0.356 e. The maximum atomic E-state index is 11.7. The van der Waals surface area contributed by atoms with Gasteiger partial charge in [-0.25, -0.2) is 0 Å². The Labute approximate surface area is 188 Å². The molecule has 0 aromatic heterocycles. The zero-order valence-electron chi connectivity index (χ0n) is 20.5. The lowest BCUT2D eigenvalue weighted by Gasteiger charge is -2.07. The smallest absolute Gasteiger partial charge is 0.221 e. The van der Waals surface area contributed by atoms with Gasteiger partial charge in [0.1, 0.15) is 0 Å². The third-order valence-electron chi connectivity index (χ3n) is 5.94. The molecule has 0 aromatic carbocycles. The molecule has 0 radical (unpaired) electrons. The summed E-state index contributed by atoms with van der Waals surface area (Å²) in [6, 6.07) is 0. The normalized spacial score (nSPS) is 11.1. The first-order chi connectivity index (χ1) is 14.8. The number of carbonyl (C=O) groups excluding carboxylic acids is 1. The van der Waals surface area contributed by atoms with E-state index in [0.29, 0.717) is 6.42 Å². The molecule has 1 amide bonds. The average Bonchev–Trinajstić information content (AvgIpc) is 2.75. The fourth-order valence-corrected chi connectivity index (χ4v) is 3.89. The molecule has 0 unspecified atom stereocenters. The first kappa shape index (κ1) is 29.4. The molecular formula is C26H55N3O. The van der Waals surface area contributed by atoms with Gasteiger partial charge in [0, 0.05) is 19.5 Å². The summed E-state index contributed by atoms with van der Waals surface area (Å²) in [4.78, 5) is 11.7.